The lowest BCUT2D eigenvalue weighted by Gasteiger charge is -2.18. The number of ether oxygens (including phenoxy) is 1. The van der Waals surface area contributed by atoms with Crippen molar-refractivity contribution in [2.24, 2.45) is 5.73 Å². The van der Waals surface area contributed by atoms with Crippen molar-refractivity contribution in [3.63, 3.8) is 0 Å². The fourth-order valence-corrected chi connectivity index (χ4v) is 2.05. The standard InChI is InChI=1S/C11H11BClFN2O3/c1-11(16,4-15)5-18-10-7(14)2-6-3-19-12(17)8(6)9(10)13/h2,17H,3,5,16H2,1H3. The predicted molar refractivity (Wildman–Crippen MR) is 67.5 cm³/mol. The van der Waals surface area contributed by atoms with E-state index in [0.717, 1.165) is 0 Å². The van der Waals surface area contributed by atoms with Crippen LogP contribution in [-0.4, -0.2) is 24.3 Å². The minimum atomic E-state index is -1.26. The molecule has 0 saturated heterocycles. The van der Waals surface area contributed by atoms with Gasteiger partial charge in [-0.15, -0.1) is 0 Å². The number of hydrogen-bond acceptors (Lipinski definition) is 5. The van der Waals surface area contributed by atoms with Gasteiger partial charge in [-0.25, -0.2) is 4.39 Å². The number of benzene rings is 1. The van der Waals surface area contributed by atoms with Crippen molar-refractivity contribution in [3.8, 4) is 11.8 Å². The summed E-state index contributed by atoms with van der Waals surface area (Å²) in [5, 5.41) is 18.3. The van der Waals surface area contributed by atoms with E-state index >= 15 is 0 Å². The second kappa shape index (κ2) is 4.98. The lowest BCUT2D eigenvalue weighted by atomic mass is 9.79. The maximum atomic E-state index is 13.8. The van der Waals surface area contributed by atoms with Gasteiger partial charge in [0, 0.05) is 5.46 Å². The molecule has 1 heterocycles. The van der Waals surface area contributed by atoms with Crippen LogP contribution in [0.1, 0.15) is 12.5 Å². The van der Waals surface area contributed by atoms with Crippen molar-refractivity contribution in [1.29, 1.82) is 5.26 Å². The largest absolute Gasteiger partial charge is 0.493 e. The highest BCUT2D eigenvalue weighted by atomic mass is 35.5. The Balaban J connectivity index is 2.32. The molecule has 0 aliphatic carbocycles. The number of hydrogen-bond donors (Lipinski definition) is 2. The van der Waals surface area contributed by atoms with Gasteiger partial charge >= 0.3 is 7.12 Å². The fraction of sp³-hybridized carbons (Fsp3) is 0.364. The van der Waals surface area contributed by atoms with Gasteiger partial charge in [0.15, 0.2) is 11.6 Å². The summed E-state index contributed by atoms with van der Waals surface area (Å²) in [5.41, 5.74) is 5.07. The zero-order valence-electron chi connectivity index (χ0n) is 10.1. The van der Waals surface area contributed by atoms with Gasteiger partial charge in [0.2, 0.25) is 0 Å². The van der Waals surface area contributed by atoms with Crippen molar-refractivity contribution < 1.29 is 18.8 Å². The molecule has 1 aliphatic heterocycles. The third-order valence-corrected chi connectivity index (χ3v) is 3.09. The van der Waals surface area contributed by atoms with Gasteiger partial charge in [-0.05, 0) is 18.6 Å². The Morgan fingerprint density at radius 3 is 3.11 bits per heavy atom. The molecule has 0 fully saturated rings. The Kier molecular flexibility index (Phi) is 3.70. The number of nitrogens with zero attached hydrogens (tertiary/aromatic N) is 1. The van der Waals surface area contributed by atoms with Crippen LogP contribution in [0.2, 0.25) is 5.02 Å². The average molecular weight is 284 g/mol. The summed E-state index contributed by atoms with van der Waals surface area (Å²) >= 11 is 6.00. The first kappa shape index (κ1) is 14.1. The Morgan fingerprint density at radius 2 is 2.47 bits per heavy atom. The van der Waals surface area contributed by atoms with Gasteiger partial charge in [0.25, 0.3) is 0 Å². The smallest absolute Gasteiger partial charge is 0.486 e. The van der Waals surface area contributed by atoms with E-state index in [1.807, 2.05) is 6.07 Å². The van der Waals surface area contributed by atoms with Crippen LogP contribution in [0.5, 0.6) is 5.75 Å². The molecule has 1 aromatic rings. The highest BCUT2D eigenvalue weighted by molar-refractivity contribution is 6.65. The van der Waals surface area contributed by atoms with Gasteiger partial charge in [-0.2, -0.15) is 5.26 Å². The van der Waals surface area contributed by atoms with Gasteiger partial charge in [-0.3, -0.25) is 0 Å². The zero-order valence-corrected chi connectivity index (χ0v) is 10.9. The minimum Gasteiger partial charge on any atom is -0.486 e. The Hall–Kier alpha value is -1.33. The number of nitrogens with two attached hydrogens (primary N) is 1. The molecule has 3 N–H and O–H groups in total. The summed E-state index contributed by atoms with van der Waals surface area (Å²) in [6, 6.07) is 3.01. The fourth-order valence-electron chi connectivity index (χ4n) is 1.69. The highest BCUT2D eigenvalue weighted by Gasteiger charge is 2.34. The normalized spacial score (nSPS) is 16.7. The minimum absolute atomic E-state index is 0.0614. The van der Waals surface area contributed by atoms with E-state index in [2.05, 4.69) is 0 Å². The Morgan fingerprint density at radius 1 is 1.79 bits per heavy atom. The number of nitriles is 1. The molecule has 0 amide bonds. The van der Waals surface area contributed by atoms with Crippen LogP contribution in [-0.2, 0) is 11.3 Å². The van der Waals surface area contributed by atoms with E-state index in [-0.39, 0.29) is 29.4 Å². The predicted octanol–water partition coefficient (Wildman–Crippen LogP) is 0.317. The second-order valence-electron chi connectivity index (χ2n) is 4.56. The molecule has 1 atom stereocenters. The van der Waals surface area contributed by atoms with E-state index in [1.165, 1.54) is 13.0 Å². The van der Waals surface area contributed by atoms with Gasteiger partial charge in [0.1, 0.15) is 12.1 Å². The first-order chi connectivity index (χ1) is 8.85. The SMILES string of the molecule is CC(N)(C#N)COc1c(F)cc2c(c1Cl)B(O)OC2. The molecule has 5 nitrogen and oxygen atoms in total. The molecule has 100 valence electrons. The molecule has 0 aromatic heterocycles. The monoisotopic (exact) mass is 284 g/mol. The lowest BCUT2D eigenvalue weighted by molar-refractivity contribution is 0.254. The van der Waals surface area contributed by atoms with Gasteiger partial charge in [-0.1, -0.05) is 11.6 Å². The number of fused-ring (bicyclic) bond motifs is 1. The molecule has 0 spiro atoms. The number of halogens is 2. The third-order valence-electron chi connectivity index (χ3n) is 2.72. The molecule has 19 heavy (non-hydrogen) atoms. The summed E-state index contributed by atoms with van der Waals surface area (Å²) in [6.45, 7) is 1.31. The van der Waals surface area contributed by atoms with Crippen molar-refractivity contribution in [3.05, 3.63) is 22.5 Å². The van der Waals surface area contributed by atoms with E-state index in [0.29, 0.717) is 5.56 Å². The van der Waals surface area contributed by atoms with Crippen LogP contribution in [0.25, 0.3) is 0 Å². The van der Waals surface area contributed by atoms with Crippen LogP contribution >= 0.6 is 11.6 Å². The summed E-state index contributed by atoms with van der Waals surface area (Å²) in [6.07, 6.45) is 0. The van der Waals surface area contributed by atoms with Crippen LogP contribution in [0.15, 0.2) is 6.07 Å². The zero-order chi connectivity index (χ0) is 14.2. The maximum absolute atomic E-state index is 13.8. The van der Waals surface area contributed by atoms with E-state index < -0.39 is 18.5 Å². The van der Waals surface area contributed by atoms with Gasteiger partial charge in [0.05, 0.1) is 17.7 Å². The third kappa shape index (κ3) is 2.67. The van der Waals surface area contributed by atoms with Crippen molar-refractivity contribution in [2.75, 3.05) is 6.61 Å². The van der Waals surface area contributed by atoms with E-state index in [4.69, 9.17) is 32.0 Å². The maximum Gasteiger partial charge on any atom is 0.493 e. The first-order valence-electron chi connectivity index (χ1n) is 5.49. The summed E-state index contributed by atoms with van der Waals surface area (Å²) in [7, 11) is -1.20. The lowest BCUT2D eigenvalue weighted by Crippen LogP contribution is -2.41. The molecule has 1 aromatic carbocycles. The molecule has 0 bridgehead atoms. The molecule has 0 saturated carbocycles. The topological polar surface area (TPSA) is 88.5 Å². The van der Waals surface area contributed by atoms with Crippen LogP contribution in [0.4, 0.5) is 4.39 Å². The molecule has 1 unspecified atom stereocenters. The van der Waals surface area contributed by atoms with Crippen molar-refractivity contribution >= 4 is 24.2 Å². The average Bonchev–Trinajstić information content (AvgIpc) is 2.70. The van der Waals surface area contributed by atoms with E-state index in [1.54, 1.807) is 0 Å². The first-order valence-corrected chi connectivity index (χ1v) is 5.87. The summed E-state index contributed by atoms with van der Waals surface area (Å²) in [4.78, 5) is 0. The molecule has 1 aliphatic rings. The highest BCUT2D eigenvalue weighted by Crippen LogP contribution is 2.31. The second-order valence-corrected chi connectivity index (χ2v) is 4.93. The summed E-state index contributed by atoms with van der Waals surface area (Å²) < 4.78 is 24.0. The summed E-state index contributed by atoms with van der Waals surface area (Å²) in [5.74, 6) is -0.924. The van der Waals surface area contributed by atoms with Crippen LogP contribution in [0.3, 0.4) is 0 Å². The van der Waals surface area contributed by atoms with Gasteiger partial charge < -0.3 is 20.1 Å². The molecule has 0 radical (unpaired) electrons. The number of rotatable bonds is 3. The molecular formula is C11H11BClFN2O3. The Bertz CT molecular complexity index is 562. The molecule has 8 heteroatoms. The quantitative estimate of drug-likeness (QED) is 0.780. The molecular weight excluding hydrogens is 273 g/mol. The van der Waals surface area contributed by atoms with E-state index in [9.17, 15) is 9.41 Å². The van der Waals surface area contributed by atoms with Crippen LogP contribution in [0, 0.1) is 17.1 Å². The van der Waals surface area contributed by atoms with Crippen molar-refractivity contribution in [2.45, 2.75) is 19.1 Å². The Labute approximate surface area is 114 Å². The van der Waals surface area contributed by atoms with Crippen molar-refractivity contribution in [1.82, 2.24) is 0 Å². The van der Waals surface area contributed by atoms with Crippen LogP contribution < -0.4 is 15.9 Å². The molecule has 2 rings (SSSR count).